The molecule has 10 atom stereocenters. The zero-order chi connectivity index (χ0) is 54.6. The van der Waals surface area contributed by atoms with Crippen LogP contribution in [-0.4, -0.2) is 204 Å². The van der Waals surface area contributed by atoms with E-state index in [1.807, 2.05) is 10.6 Å². The molecule has 2 heterocycles. The van der Waals surface area contributed by atoms with E-state index in [0.717, 1.165) is 11.8 Å². The highest BCUT2D eigenvalue weighted by Crippen LogP contribution is 2.23. The summed E-state index contributed by atoms with van der Waals surface area (Å²) in [6, 6.07) is -13.3. The van der Waals surface area contributed by atoms with Crippen LogP contribution in [0.25, 0.3) is 0 Å². The van der Waals surface area contributed by atoms with Crippen molar-refractivity contribution in [1.82, 2.24) is 47.0 Å². The number of amides is 9. The highest BCUT2D eigenvalue weighted by Gasteiger charge is 2.42. The fourth-order valence-electron chi connectivity index (χ4n) is 7.58. The van der Waals surface area contributed by atoms with Crippen molar-refractivity contribution in [3.05, 3.63) is 0 Å². The van der Waals surface area contributed by atoms with Gasteiger partial charge in [-0.15, -0.1) is 0 Å². The van der Waals surface area contributed by atoms with Crippen molar-refractivity contribution in [3.63, 3.8) is 0 Å². The molecule has 0 unspecified atom stereocenters. The highest BCUT2D eigenvalue weighted by atomic mass is 16.4. The minimum Gasteiger partial charge on any atom is -0.481 e. The Kier molecular flexibility index (Phi) is 24.4. The van der Waals surface area contributed by atoms with Crippen LogP contribution in [0.3, 0.4) is 0 Å². The van der Waals surface area contributed by atoms with E-state index in [9.17, 15) is 92.7 Å². The molecule has 9 amide bonds. The van der Waals surface area contributed by atoms with Gasteiger partial charge in [0.25, 0.3) is 0 Å². The fourth-order valence-corrected chi connectivity index (χ4v) is 7.58. The molecule has 0 aliphatic carbocycles. The predicted molar refractivity (Wildman–Crippen MR) is 240 cm³/mol. The normalized spacial score (nSPS) is 18.5. The Morgan fingerprint density at radius 3 is 1.38 bits per heavy atom. The molecule has 0 radical (unpaired) electrons. The van der Waals surface area contributed by atoms with Crippen LogP contribution in [0.4, 0.5) is 0 Å². The maximum atomic E-state index is 14.1. The Morgan fingerprint density at radius 2 is 0.931 bits per heavy atom. The molecule has 0 aromatic carbocycles. The number of carboxylic acids is 5. The molecule has 2 aliphatic heterocycles. The number of nitrogens with one attached hydrogen (secondary N) is 7. The van der Waals surface area contributed by atoms with E-state index in [1.54, 1.807) is 0 Å². The van der Waals surface area contributed by atoms with Gasteiger partial charge in [0.05, 0.1) is 18.7 Å². The summed E-state index contributed by atoms with van der Waals surface area (Å²) in [4.78, 5) is 179. The summed E-state index contributed by atoms with van der Waals surface area (Å²) in [6.45, 7) is 2.90. The van der Waals surface area contributed by atoms with Crippen LogP contribution in [0.5, 0.6) is 0 Å². The van der Waals surface area contributed by atoms with Gasteiger partial charge in [-0.25, -0.2) is 4.79 Å². The predicted octanol–water partition coefficient (Wildman–Crippen LogP) is -5.71. The fraction of sp³-hybridized carbons (Fsp3) is 0.667. The zero-order valence-electron chi connectivity index (χ0n) is 39.8. The quantitative estimate of drug-likeness (QED) is 0.0319. The molecule has 2 aliphatic rings. The molecule has 0 spiro atoms. The number of carboxylic acid groups (broad SMARTS) is 5. The summed E-state index contributed by atoms with van der Waals surface area (Å²) in [5.41, 5.74) is 5.58. The molecule has 72 heavy (non-hydrogen) atoms. The van der Waals surface area contributed by atoms with Crippen molar-refractivity contribution < 1.29 is 97.8 Å². The van der Waals surface area contributed by atoms with Crippen molar-refractivity contribution in [3.8, 4) is 0 Å². The number of carbonyl (C=O) groups excluding carboxylic acids is 9. The number of rotatable bonds is 30. The van der Waals surface area contributed by atoms with Gasteiger partial charge in [-0.05, 0) is 72.1 Å². The van der Waals surface area contributed by atoms with Crippen molar-refractivity contribution in [2.75, 3.05) is 19.6 Å². The number of nitrogens with two attached hydrogens (primary N) is 1. The second kappa shape index (κ2) is 29.0. The summed E-state index contributed by atoms with van der Waals surface area (Å²) in [5, 5.41) is 72.5. The van der Waals surface area contributed by atoms with Crippen molar-refractivity contribution in [2.45, 2.75) is 158 Å². The molecule has 0 bridgehead atoms. The van der Waals surface area contributed by atoms with Gasteiger partial charge in [-0.2, -0.15) is 0 Å². The maximum absolute atomic E-state index is 14.1. The number of aliphatic carboxylic acids is 5. The molecule has 2 rings (SSSR count). The van der Waals surface area contributed by atoms with Gasteiger partial charge in [-0.1, -0.05) is 0 Å². The van der Waals surface area contributed by atoms with Crippen molar-refractivity contribution >= 4 is 83.0 Å². The zero-order valence-corrected chi connectivity index (χ0v) is 39.8. The third-order valence-corrected chi connectivity index (χ3v) is 11.4. The van der Waals surface area contributed by atoms with Gasteiger partial charge < -0.3 is 83.4 Å². The Labute approximate surface area is 410 Å². The Morgan fingerprint density at radius 1 is 0.514 bits per heavy atom. The molecule has 402 valence electrons. The Hall–Kier alpha value is -7.50. The first kappa shape index (κ1) is 60.6. The SMILES string of the molecule is C[C@H](N)C(=O)N[C@@H](C)C(=O)N1CCC[C@H]1C(=O)N[C@@H](CCC(=O)O)C(=O)N1CCC[C@H]1C(=O)N[C@@H](CCC(=O)O)C(=O)N[C@@H](CCC(=O)O)C(=O)N[C@H](C(=O)NCC(=O)N[C@@H](CCC(=O)O)C(=O)O)[C@@H](C)O. The number of likely N-dealkylation sites (tertiary alicyclic amines) is 2. The lowest BCUT2D eigenvalue weighted by molar-refractivity contribution is -0.145. The van der Waals surface area contributed by atoms with Crippen LogP contribution in [0.1, 0.15) is 97.8 Å². The standard InChI is InChI=1S/C42H64N10O20/c1-19(43)34(63)45-20(2)40(69)51-16-4-6-26(51)38(67)49-24(10-14-31(59)60)41(70)52-17-5-7-27(52)37(66)48-22(8-12-29(55)56)35(64)47-23(9-13-30(57)58)36(65)50-33(21(3)53)39(68)44-18-28(54)46-25(42(71)72)11-15-32(61)62/h19-27,33,53H,4-18,43H2,1-3H3,(H,44,68)(H,45,63)(H,46,54)(H,47,64)(H,48,66)(H,49,67)(H,50,65)(H,55,56)(H,57,58)(H,59,60)(H,61,62)(H,71,72)/t19-,20-,21+,22-,23-,24-,25-,26-,27-,33-/m0/s1. The van der Waals surface area contributed by atoms with E-state index in [0.29, 0.717) is 6.42 Å². The lowest BCUT2D eigenvalue weighted by Crippen LogP contribution is -2.60. The van der Waals surface area contributed by atoms with Crippen LogP contribution in [-0.2, 0) is 67.1 Å². The van der Waals surface area contributed by atoms with Gasteiger partial charge in [0.2, 0.25) is 53.2 Å². The first-order chi connectivity index (χ1) is 33.6. The number of hydrogen-bond donors (Lipinski definition) is 14. The van der Waals surface area contributed by atoms with E-state index in [-0.39, 0.29) is 32.4 Å². The minimum absolute atomic E-state index is 0.0423. The molecular weight excluding hydrogens is 965 g/mol. The van der Waals surface area contributed by atoms with Crippen LogP contribution >= 0.6 is 0 Å². The van der Waals surface area contributed by atoms with Gasteiger partial charge in [0.1, 0.15) is 48.3 Å². The van der Waals surface area contributed by atoms with E-state index < -0.39 is 201 Å². The van der Waals surface area contributed by atoms with Gasteiger partial charge in [0, 0.05) is 38.8 Å². The molecular formula is C42H64N10O20. The van der Waals surface area contributed by atoms with Gasteiger partial charge in [-0.3, -0.25) is 62.3 Å². The molecule has 30 nitrogen and oxygen atoms in total. The second-order valence-corrected chi connectivity index (χ2v) is 17.2. The topological polar surface area (TPSA) is 477 Å². The Bertz CT molecular complexity index is 2070. The van der Waals surface area contributed by atoms with E-state index in [1.165, 1.54) is 18.7 Å². The molecule has 2 fully saturated rings. The van der Waals surface area contributed by atoms with Crippen molar-refractivity contribution in [1.29, 1.82) is 0 Å². The van der Waals surface area contributed by atoms with E-state index in [2.05, 4.69) is 26.6 Å². The summed E-state index contributed by atoms with van der Waals surface area (Å²) < 4.78 is 0. The van der Waals surface area contributed by atoms with E-state index >= 15 is 0 Å². The largest absolute Gasteiger partial charge is 0.481 e. The number of carbonyl (C=O) groups is 14. The number of aliphatic hydroxyl groups is 1. The summed E-state index contributed by atoms with van der Waals surface area (Å²) in [6.07, 6.45) is -6.18. The maximum Gasteiger partial charge on any atom is 0.326 e. The molecule has 2 saturated heterocycles. The average molecular weight is 1030 g/mol. The van der Waals surface area contributed by atoms with E-state index in [4.69, 9.17) is 10.8 Å². The molecule has 0 aromatic rings. The van der Waals surface area contributed by atoms with Crippen LogP contribution < -0.4 is 43.0 Å². The summed E-state index contributed by atoms with van der Waals surface area (Å²) in [5.74, 6) is -16.1. The first-order valence-corrected chi connectivity index (χ1v) is 22.9. The van der Waals surface area contributed by atoms with Gasteiger partial charge in [0.15, 0.2) is 0 Å². The number of aliphatic hydroxyl groups excluding tert-OH is 1. The molecule has 0 saturated carbocycles. The lowest BCUT2D eigenvalue weighted by atomic mass is 10.0. The lowest BCUT2D eigenvalue weighted by Gasteiger charge is -2.32. The highest BCUT2D eigenvalue weighted by molar-refractivity contribution is 5.99. The van der Waals surface area contributed by atoms with Gasteiger partial charge >= 0.3 is 29.8 Å². The second-order valence-electron chi connectivity index (χ2n) is 17.2. The monoisotopic (exact) mass is 1030 g/mol. The summed E-state index contributed by atoms with van der Waals surface area (Å²) >= 11 is 0. The average Bonchev–Trinajstić information content (AvgIpc) is 4.00. The van der Waals surface area contributed by atoms with Crippen LogP contribution in [0.2, 0.25) is 0 Å². The molecule has 30 heteroatoms. The van der Waals surface area contributed by atoms with Crippen LogP contribution in [0.15, 0.2) is 0 Å². The smallest absolute Gasteiger partial charge is 0.326 e. The summed E-state index contributed by atoms with van der Waals surface area (Å²) in [7, 11) is 0. The minimum atomic E-state index is -1.91. The van der Waals surface area contributed by atoms with Crippen molar-refractivity contribution in [2.24, 2.45) is 5.73 Å². The van der Waals surface area contributed by atoms with Crippen LogP contribution in [0, 0.1) is 0 Å². The first-order valence-electron chi connectivity index (χ1n) is 22.9. The Balaban J connectivity index is 2.30. The number of hydrogen-bond acceptors (Lipinski definition) is 16. The third-order valence-electron chi connectivity index (χ3n) is 11.4. The molecule has 0 aromatic heterocycles. The third kappa shape index (κ3) is 19.7. The number of nitrogens with zero attached hydrogens (tertiary/aromatic N) is 2. The molecule has 15 N–H and O–H groups in total.